The quantitative estimate of drug-likeness (QED) is 0.429. The molecule has 1 spiro atoms. The van der Waals surface area contributed by atoms with Crippen LogP contribution >= 0.6 is 0 Å². The second kappa shape index (κ2) is 7.46. The number of nitrogens with one attached hydrogen (secondary N) is 1. The fraction of sp³-hybridized carbons (Fsp3) is 0.0741. The summed E-state index contributed by atoms with van der Waals surface area (Å²) in [5.74, 6) is 0.526. The molecule has 2 aliphatic heterocycles. The molecule has 32 heavy (non-hydrogen) atoms. The van der Waals surface area contributed by atoms with Crippen molar-refractivity contribution in [3.05, 3.63) is 125 Å². The zero-order valence-electron chi connectivity index (χ0n) is 17.6. The van der Waals surface area contributed by atoms with Crippen LogP contribution in [0.5, 0.6) is 5.75 Å². The predicted octanol–water partition coefficient (Wildman–Crippen LogP) is 5.53. The third kappa shape index (κ3) is 2.98. The molecule has 0 fully saturated rings. The topological polar surface area (TPSA) is 73.6 Å². The van der Waals surface area contributed by atoms with Gasteiger partial charge in [-0.15, -0.1) is 0 Å². The smallest absolute Gasteiger partial charge is 0.340 e. The van der Waals surface area contributed by atoms with Gasteiger partial charge >= 0.3 is 5.97 Å². The molecular formula is C27H22N2O3. The van der Waals surface area contributed by atoms with Crippen LogP contribution in [0.15, 0.2) is 109 Å². The first-order valence-electron chi connectivity index (χ1n) is 10.3. The number of rotatable bonds is 3. The Hall–Kier alpha value is -4.25. The molecular weight excluding hydrogens is 400 g/mol. The van der Waals surface area contributed by atoms with Crippen LogP contribution in [0.3, 0.4) is 0 Å². The number of nitrogens with two attached hydrogens (primary N) is 1. The standard InChI is InChI=1S/C27H22N2O3/c1-3-19(29-20-9-5-4-6-10-20)16-24-17(2)31-25-15-18(28)13-14-23(25)27(24)22-12-8-7-11-21(22)26(30)32-27/h3-16,29H,2,28H2,1H3/b19-3+,24-16+. The summed E-state index contributed by atoms with van der Waals surface area (Å²) in [4.78, 5) is 12.9. The maximum atomic E-state index is 12.9. The first-order valence-corrected chi connectivity index (χ1v) is 10.3. The molecule has 0 saturated carbocycles. The maximum absolute atomic E-state index is 12.9. The van der Waals surface area contributed by atoms with E-state index in [-0.39, 0.29) is 5.97 Å². The van der Waals surface area contributed by atoms with Crippen LogP contribution < -0.4 is 15.8 Å². The number of hydrogen-bond donors (Lipinski definition) is 2. The lowest BCUT2D eigenvalue weighted by Gasteiger charge is -2.38. The summed E-state index contributed by atoms with van der Waals surface area (Å²) in [6.45, 7) is 6.09. The number of fused-ring (bicyclic) bond motifs is 4. The number of anilines is 2. The third-order valence-electron chi connectivity index (χ3n) is 5.74. The molecule has 0 bridgehead atoms. The highest BCUT2D eigenvalue weighted by atomic mass is 16.6. The number of carbonyl (C=O) groups excluding carboxylic acids is 1. The highest BCUT2D eigenvalue weighted by Crippen LogP contribution is 2.55. The largest absolute Gasteiger partial charge is 0.457 e. The van der Waals surface area contributed by atoms with Crippen molar-refractivity contribution in [1.29, 1.82) is 0 Å². The molecule has 0 radical (unpaired) electrons. The van der Waals surface area contributed by atoms with Crippen LogP contribution in [0, 0.1) is 0 Å². The number of esters is 1. The molecule has 3 N–H and O–H groups in total. The van der Waals surface area contributed by atoms with Crippen LogP contribution in [0.1, 0.15) is 28.4 Å². The Balaban J connectivity index is 1.73. The first kappa shape index (κ1) is 19.7. The van der Waals surface area contributed by atoms with Crippen LogP contribution in [-0.2, 0) is 10.3 Å². The summed E-state index contributed by atoms with van der Waals surface area (Å²) in [5, 5.41) is 3.40. The van der Waals surface area contributed by atoms with E-state index in [9.17, 15) is 4.79 Å². The normalized spacial score (nSPS) is 20.5. The Labute approximate surface area is 186 Å². The number of benzene rings is 3. The Kier molecular flexibility index (Phi) is 4.59. The van der Waals surface area contributed by atoms with Crippen LogP contribution in [-0.4, -0.2) is 5.97 Å². The van der Waals surface area contributed by atoms with Crippen molar-refractivity contribution >= 4 is 17.3 Å². The number of ether oxygens (including phenoxy) is 2. The van der Waals surface area contributed by atoms with Crippen molar-refractivity contribution in [2.24, 2.45) is 0 Å². The molecule has 5 heteroatoms. The van der Waals surface area contributed by atoms with E-state index in [0.29, 0.717) is 33.9 Å². The Bertz CT molecular complexity index is 1310. The minimum atomic E-state index is -1.18. The van der Waals surface area contributed by atoms with Gasteiger partial charge in [0.15, 0.2) is 5.60 Å². The van der Waals surface area contributed by atoms with E-state index in [0.717, 1.165) is 16.9 Å². The number of nitrogen functional groups attached to an aromatic ring is 1. The number of allylic oxidation sites excluding steroid dienone is 2. The average molecular weight is 422 g/mol. The lowest BCUT2D eigenvalue weighted by Crippen LogP contribution is -2.36. The average Bonchev–Trinajstić information content (AvgIpc) is 3.09. The van der Waals surface area contributed by atoms with Crippen molar-refractivity contribution in [3.63, 3.8) is 0 Å². The van der Waals surface area contributed by atoms with Gasteiger partial charge in [0.1, 0.15) is 11.5 Å². The summed E-state index contributed by atoms with van der Waals surface area (Å²) < 4.78 is 12.2. The van der Waals surface area contributed by atoms with Gasteiger partial charge in [0.25, 0.3) is 0 Å². The number of para-hydroxylation sites is 1. The highest BCUT2D eigenvalue weighted by molar-refractivity contribution is 5.97. The van der Waals surface area contributed by atoms with E-state index in [2.05, 4.69) is 11.9 Å². The van der Waals surface area contributed by atoms with Gasteiger partial charge in [0.05, 0.1) is 5.56 Å². The minimum absolute atomic E-state index is 0.387. The highest BCUT2D eigenvalue weighted by Gasteiger charge is 2.54. The summed E-state index contributed by atoms with van der Waals surface area (Å²) >= 11 is 0. The van der Waals surface area contributed by atoms with Gasteiger partial charge in [-0.1, -0.05) is 49.1 Å². The van der Waals surface area contributed by atoms with Gasteiger partial charge in [-0.3, -0.25) is 0 Å². The van der Waals surface area contributed by atoms with Gasteiger partial charge in [-0.2, -0.15) is 0 Å². The third-order valence-corrected chi connectivity index (χ3v) is 5.74. The minimum Gasteiger partial charge on any atom is -0.457 e. The van der Waals surface area contributed by atoms with Gasteiger partial charge in [0, 0.05) is 39.8 Å². The Morgan fingerprint density at radius 3 is 2.56 bits per heavy atom. The lowest BCUT2D eigenvalue weighted by atomic mass is 9.76. The molecule has 3 aromatic rings. The van der Waals surface area contributed by atoms with Gasteiger partial charge in [0.2, 0.25) is 0 Å². The molecule has 5 rings (SSSR count). The SMILES string of the molecule is C=C1Oc2cc(N)ccc2C2(OC(=O)c3ccccc32)/C1=C/C(=C\C)Nc1ccccc1. The molecule has 3 aromatic carbocycles. The molecule has 158 valence electrons. The number of hydrogen-bond acceptors (Lipinski definition) is 5. The predicted molar refractivity (Wildman–Crippen MR) is 125 cm³/mol. The van der Waals surface area contributed by atoms with Crippen molar-refractivity contribution < 1.29 is 14.3 Å². The zero-order valence-corrected chi connectivity index (χ0v) is 17.6. The van der Waals surface area contributed by atoms with Crippen molar-refractivity contribution in [3.8, 4) is 5.75 Å². The van der Waals surface area contributed by atoms with E-state index >= 15 is 0 Å². The summed E-state index contributed by atoms with van der Waals surface area (Å²) in [6, 6.07) is 22.6. The lowest BCUT2D eigenvalue weighted by molar-refractivity contribution is 0.0203. The van der Waals surface area contributed by atoms with Gasteiger partial charge < -0.3 is 20.5 Å². The van der Waals surface area contributed by atoms with E-state index in [4.69, 9.17) is 15.2 Å². The fourth-order valence-electron chi connectivity index (χ4n) is 4.28. The number of carbonyl (C=O) groups is 1. The van der Waals surface area contributed by atoms with Crippen LogP contribution in [0.25, 0.3) is 0 Å². The summed E-state index contributed by atoms with van der Waals surface area (Å²) in [6.07, 6.45) is 3.87. The molecule has 2 heterocycles. The van der Waals surface area contributed by atoms with Crippen molar-refractivity contribution in [2.45, 2.75) is 12.5 Å². The summed E-state index contributed by atoms with van der Waals surface area (Å²) in [7, 11) is 0. The molecule has 2 aliphatic rings. The van der Waals surface area contributed by atoms with E-state index in [1.165, 1.54) is 0 Å². The summed E-state index contributed by atoms with van der Waals surface area (Å²) in [5.41, 5.74) is 9.75. The molecule has 0 amide bonds. The van der Waals surface area contributed by atoms with Gasteiger partial charge in [-0.05, 0) is 43.3 Å². The van der Waals surface area contributed by atoms with Crippen LogP contribution in [0.4, 0.5) is 11.4 Å². The van der Waals surface area contributed by atoms with E-state index in [1.54, 1.807) is 18.2 Å². The molecule has 0 aromatic heterocycles. The molecule has 1 atom stereocenters. The molecule has 1 unspecified atom stereocenters. The molecule has 0 saturated heterocycles. The Morgan fingerprint density at radius 1 is 1.03 bits per heavy atom. The molecule has 0 aliphatic carbocycles. The second-order valence-electron chi connectivity index (χ2n) is 7.69. The fourth-order valence-corrected chi connectivity index (χ4v) is 4.28. The van der Waals surface area contributed by atoms with Crippen LogP contribution in [0.2, 0.25) is 0 Å². The molecule has 5 nitrogen and oxygen atoms in total. The first-order chi connectivity index (χ1) is 15.5. The monoisotopic (exact) mass is 422 g/mol. The second-order valence-corrected chi connectivity index (χ2v) is 7.69. The maximum Gasteiger partial charge on any atom is 0.340 e. The van der Waals surface area contributed by atoms with Crippen molar-refractivity contribution in [2.75, 3.05) is 11.1 Å². The van der Waals surface area contributed by atoms with E-state index in [1.807, 2.05) is 73.7 Å². The van der Waals surface area contributed by atoms with E-state index < -0.39 is 5.60 Å². The van der Waals surface area contributed by atoms with Crippen molar-refractivity contribution in [1.82, 2.24) is 0 Å². The zero-order chi connectivity index (χ0) is 22.3. The Morgan fingerprint density at radius 2 is 1.78 bits per heavy atom. The van der Waals surface area contributed by atoms with Gasteiger partial charge in [-0.25, -0.2) is 4.79 Å².